The molecule has 0 fully saturated rings. The van der Waals surface area contributed by atoms with Crippen LogP contribution in [-0.2, 0) is 4.79 Å². The van der Waals surface area contributed by atoms with Crippen molar-refractivity contribution in [3.63, 3.8) is 0 Å². The second kappa shape index (κ2) is 7.98. The summed E-state index contributed by atoms with van der Waals surface area (Å²) in [5.41, 5.74) is -1.43. The highest BCUT2D eigenvalue weighted by atomic mass is 19.4. The third-order valence-corrected chi connectivity index (χ3v) is 4.66. The number of carbonyl (C=O) groups excluding carboxylic acids is 1. The van der Waals surface area contributed by atoms with Crippen molar-refractivity contribution >= 4 is 11.6 Å². The fourth-order valence-corrected chi connectivity index (χ4v) is 3.20. The summed E-state index contributed by atoms with van der Waals surface area (Å²) in [6, 6.07) is 11.3. The van der Waals surface area contributed by atoms with Gasteiger partial charge in [0.15, 0.2) is 6.61 Å². The predicted octanol–water partition coefficient (Wildman–Crippen LogP) is 3.58. The van der Waals surface area contributed by atoms with Crippen LogP contribution in [-0.4, -0.2) is 47.4 Å². The number of methoxy groups -OCH3 is 1. The van der Waals surface area contributed by atoms with Gasteiger partial charge in [0.1, 0.15) is 11.5 Å². The maximum absolute atomic E-state index is 13.7. The van der Waals surface area contributed by atoms with Crippen LogP contribution in [0.5, 0.6) is 11.5 Å². The van der Waals surface area contributed by atoms with Gasteiger partial charge in [-0.1, -0.05) is 6.07 Å². The number of hydrogen-bond donors (Lipinski definition) is 1. The van der Waals surface area contributed by atoms with E-state index >= 15 is 0 Å². The van der Waals surface area contributed by atoms with Crippen LogP contribution in [0.15, 0.2) is 47.6 Å². The monoisotopic (exact) mass is 422 g/mol. The molecule has 0 unspecified atom stereocenters. The summed E-state index contributed by atoms with van der Waals surface area (Å²) < 4.78 is 51.4. The largest absolute Gasteiger partial charge is 0.497 e. The van der Waals surface area contributed by atoms with Crippen molar-refractivity contribution < 1.29 is 32.5 Å². The number of nitrogens with zero attached hydrogens (tertiary/aromatic N) is 2. The lowest BCUT2D eigenvalue weighted by atomic mass is 10.0. The average molecular weight is 422 g/mol. The highest BCUT2D eigenvalue weighted by Gasteiger charge is 2.63. The van der Waals surface area contributed by atoms with E-state index < -0.39 is 30.8 Å². The second-order valence-corrected chi connectivity index (χ2v) is 7.08. The molecule has 0 radical (unpaired) electrons. The van der Waals surface area contributed by atoms with Gasteiger partial charge in [0.25, 0.3) is 11.6 Å². The zero-order valence-electron chi connectivity index (χ0n) is 16.7. The molecule has 0 aliphatic carbocycles. The Balaban J connectivity index is 1.85. The van der Waals surface area contributed by atoms with Gasteiger partial charge in [-0.15, -0.1) is 0 Å². The number of carbonyl (C=O) groups is 1. The molecular formula is C21H21F3N2O4. The average Bonchev–Trinajstić information content (AvgIpc) is 3.04. The second-order valence-electron chi connectivity index (χ2n) is 7.08. The normalized spacial score (nSPS) is 18.9. The van der Waals surface area contributed by atoms with Crippen molar-refractivity contribution in [1.29, 1.82) is 0 Å². The number of benzene rings is 2. The summed E-state index contributed by atoms with van der Waals surface area (Å²) in [6.07, 6.45) is -6.00. The highest BCUT2D eigenvalue weighted by Crippen LogP contribution is 2.41. The van der Waals surface area contributed by atoms with Crippen LogP contribution >= 0.6 is 0 Å². The lowest BCUT2D eigenvalue weighted by Gasteiger charge is -2.32. The number of hydrogen-bond acceptors (Lipinski definition) is 5. The Morgan fingerprint density at radius 3 is 2.27 bits per heavy atom. The van der Waals surface area contributed by atoms with E-state index in [-0.39, 0.29) is 10.7 Å². The summed E-state index contributed by atoms with van der Waals surface area (Å²) in [5, 5.41) is 14.2. The summed E-state index contributed by atoms with van der Waals surface area (Å²) in [7, 11) is 1.46. The van der Waals surface area contributed by atoms with E-state index in [0.29, 0.717) is 17.1 Å². The number of aryl methyl sites for hydroxylation is 2. The highest BCUT2D eigenvalue weighted by molar-refractivity contribution is 6.03. The maximum Gasteiger partial charge on any atom is 0.438 e. The van der Waals surface area contributed by atoms with Gasteiger partial charge < -0.3 is 14.6 Å². The molecule has 1 atom stereocenters. The third-order valence-electron chi connectivity index (χ3n) is 4.66. The summed E-state index contributed by atoms with van der Waals surface area (Å²) in [6.45, 7) is 2.95. The molecule has 6 nitrogen and oxygen atoms in total. The molecule has 3 rings (SSSR count). The Hall–Kier alpha value is -3.07. The van der Waals surface area contributed by atoms with Crippen LogP contribution in [0.1, 0.15) is 23.1 Å². The fraction of sp³-hybridized carbons (Fsp3) is 0.333. The molecule has 1 amide bonds. The van der Waals surface area contributed by atoms with E-state index in [0.717, 1.165) is 11.1 Å². The molecule has 0 bridgehead atoms. The minimum atomic E-state index is -5.11. The molecule has 1 N–H and O–H groups in total. The van der Waals surface area contributed by atoms with Crippen molar-refractivity contribution in [2.24, 2.45) is 5.10 Å². The molecule has 160 valence electrons. The smallest absolute Gasteiger partial charge is 0.438 e. The van der Waals surface area contributed by atoms with E-state index in [4.69, 9.17) is 9.47 Å². The molecule has 1 aliphatic heterocycles. The molecule has 1 heterocycles. The van der Waals surface area contributed by atoms with Crippen molar-refractivity contribution in [2.75, 3.05) is 13.7 Å². The third kappa shape index (κ3) is 4.25. The molecule has 1 aliphatic rings. The lowest BCUT2D eigenvalue weighted by molar-refractivity contribution is -0.302. The molecule has 0 saturated carbocycles. The van der Waals surface area contributed by atoms with Crippen molar-refractivity contribution in [3.8, 4) is 11.5 Å². The Bertz CT molecular complexity index is 953. The number of halogens is 3. The standard InChI is InChI=1S/C21H21F3N2O4/c1-13-8-14(2)10-17(9-13)30-12-19(27)26-20(28,21(22,23)24)11-18(25-26)15-4-6-16(29-3)7-5-15/h4-10,28H,11-12H2,1-3H3/t20-/m0/s1. The zero-order chi connectivity index (χ0) is 22.1. The van der Waals surface area contributed by atoms with Gasteiger partial charge in [0.05, 0.1) is 19.2 Å². The molecule has 2 aromatic rings. The van der Waals surface area contributed by atoms with Crippen molar-refractivity contribution in [1.82, 2.24) is 5.01 Å². The van der Waals surface area contributed by atoms with Gasteiger partial charge >= 0.3 is 6.18 Å². The summed E-state index contributed by atoms with van der Waals surface area (Å²) in [5.74, 6) is -0.259. The number of ether oxygens (including phenoxy) is 2. The summed E-state index contributed by atoms with van der Waals surface area (Å²) >= 11 is 0. The number of hydrazone groups is 1. The zero-order valence-corrected chi connectivity index (χ0v) is 16.7. The quantitative estimate of drug-likeness (QED) is 0.800. The number of amides is 1. The topological polar surface area (TPSA) is 71.4 Å². The molecule has 0 spiro atoms. The molecule has 0 saturated heterocycles. The molecule has 30 heavy (non-hydrogen) atoms. The van der Waals surface area contributed by atoms with Crippen LogP contribution in [0.4, 0.5) is 13.2 Å². The van der Waals surface area contributed by atoms with Crippen LogP contribution in [0.3, 0.4) is 0 Å². The van der Waals surface area contributed by atoms with Gasteiger partial charge in [0.2, 0.25) is 0 Å². The van der Waals surface area contributed by atoms with Crippen molar-refractivity contribution in [2.45, 2.75) is 32.2 Å². The van der Waals surface area contributed by atoms with E-state index in [1.54, 1.807) is 24.3 Å². The van der Waals surface area contributed by atoms with E-state index in [2.05, 4.69) is 5.10 Å². The number of aliphatic hydroxyl groups is 1. The first-order chi connectivity index (χ1) is 14.0. The van der Waals surface area contributed by atoms with Gasteiger partial charge in [-0.25, -0.2) is 0 Å². The Morgan fingerprint density at radius 2 is 1.73 bits per heavy atom. The molecular weight excluding hydrogens is 401 g/mol. The Labute approximate surface area is 171 Å². The van der Waals surface area contributed by atoms with Crippen LogP contribution in [0.2, 0.25) is 0 Å². The first-order valence-corrected chi connectivity index (χ1v) is 9.08. The Morgan fingerprint density at radius 1 is 1.13 bits per heavy atom. The van der Waals surface area contributed by atoms with Gasteiger partial charge in [-0.2, -0.15) is 23.3 Å². The van der Waals surface area contributed by atoms with Gasteiger partial charge in [-0.05, 0) is 66.9 Å². The molecule has 2 aromatic carbocycles. The van der Waals surface area contributed by atoms with Crippen LogP contribution < -0.4 is 9.47 Å². The number of alkyl halides is 3. The van der Waals surface area contributed by atoms with E-state index in [1.165, 1.54) is 19.2 Å². The van der Waals surface area contributed by atoms with Gasteiger partial charge in [-0.3, -0.25) is 4.79 Å². The summed E-state index contributed by atoms with van der Waals surface area (Å²) in [4.78, 5) is 12.5. The molecule has 9 heteroatoms. The van der Waals surface area contributed by atoms with Crippen LogP contribution in [0.25, 0.3) is 0 Å². The van der Waals surface area contributed by atoms with E-state index in [9.17, 15) is 23.1 Å². The van der Waals surface area contributed by atoms with E-state index in [1.807, 2.05) is 19.9 Å². The lowest BCUT2D eigenvalue weighted by Crippen LogP contribution is -2.57. The predicted molar refractivity (Wildman–Crippen MR) is 103 cm³/mol. The minimum absolute atomic E-state index is 0.0647. The number of rotatable bonds is 5. The SMILES string of the molecule is COc1ccc(C2=NN(C(=O)COc3cc(C)cc(C)c3)[C@@](O)(C(F)(F)F)C2)cc1. The Kier molecular flexibility index (Phi) is 5.76. The first-order valence-electron chi connectivity index (χ1n) is 9.08. The maximum atomic E-state index is 13.7. The molecule has 0 aromatic heterocycles. The van der Waals surface area contributed by atoms with Gasteiger partial charge in [0, 0.05) is 0 Å². The minimum Gasteiger partial charge on any atom is -0.497 e. The fourth-order valence-electron chi connectivity index (χ4n) is 3.20. The van der Waals surface area contributed by atoms with Crippen molar-refractivity contribution in [3.05, 3.63) is 59.2 Å². The van der Waals surface area contributed by atoms with Crippen LogP contribution in [0, 0.1) is 13.8 Å². The first kappa shape index (κ1) is 21.6.